The summed E-state index contributed by atoms with van der Waals surface area (Å²) < 4.78 is 13.0. The number of rotatable bonds is 4. The molecule has 0 spiro atoms. The summed E-state index contributed by atoms with van der Waals surface area (Å²) in [4.78, 5) is 0. The van der Waals surface area contributed by atoms with Crippen LogP contribution in [-0.4, -0.2) is 0 Å². The molecular formula is C53H30O2. The lowest BCUT2D eigenvalue weighted by Gasteiger charge is -2.34. The smallest absolute Gasteiger partial charge is 0.136 e. The Hall–Kier alpha value is -7.34. The molecule has 0 saturated carbocycles. The summed E-state index contributed by atoms with van der Waals surface area (Å²) in [7, 11) is 0. The van der Waals surface area contributed by atoms with Gasteiger partial charge in [0.25, 0.3) is 0 Å². The second kappa shape index (κ2) is 11.3. The van der Waals surface area contributed by atoms with Crippen molar-refractivity contribution in [3.05, 3.63) is 221 Å². The van der Waals surface area contributed by atoms with Crippen molar-refractivity contribution in [2.24, 2.45) is 0 Å². The van der Waals surface area contributed by atoms with E-state index in [-0.39, 0.29) is 0 Å². The minimum atomic E-state index is -0.511. The summed E-state index contributed by atoms with van der Waals surface area (Å²) in [6.45, 7) is 0. The van der Waals surface area contributed by atoms with E-state index < -0.39 is 5.41 Å². The third-order valence-electron chi connectivity index (χ3n) is 11.9. The van der Waals surface area contributed by atoms with Crippen LogP contribution in [0.4, 0.5) is 0 Å². The lowest BCUT2D eigenvalue weighted by molar-refractivity contribution is 0.487. The third-order valence-corrected chi connectivity index (χ3v) is 11.9. The number of allylic oxidation sites excluding steroid dienone is 4. The van der Waals surface area contributed by atoms with Crippen LogP contribution >= 0.6 is 0 Å². The Morgan fingerprint density at radius 1 is 0.436 bits per heavy atom. The first-order valence-corrected chi connectivity index (χ1v) is 18.8. The molecule has 12 rings (SSSR count). The van der Waals surface area contributed by atoms with Crippen LogP contribution in [0.1, 0.15) is 22.3 Å². The number of hydrogen-bond acceptors (Lipinski definition) is 2. The van der Waals surface area contributed by atoms with Gasteiger partial charge in [0, 0.05) is 21.7 Å². The van der Waals surface area contributed by atoms with Crippen molar-refractivity contribution in [1.82, 2.24) is 0 Å². The SMILES string of the molecule is C1=C=CC2=C(C=1)c1c(-c3ccc4c5c(cccc35)-c3cc(-c5cccc6oc7ccccc7c56)ccc3O4)cccc1C2(c1ccccc1)c1ccccc1. The average molecular weight is 699 g/mol. The predicted molar refractivity (Wildman–Crippen MR) is 223 cm³/mol. The summed E-state index contributed by atoms with van der Waals surface area (Å²) in [6, 6.07) is 60.9. The molecule has 2 heteroatoms. The second-order valence-corrected chi connectivity index (χ2v) is 14.5. The lowest BCUT2D eigenvalue weighted by atomic mass is 9.66. The van der Waals surface area contributed by atoms with E-state index in [0.29, 0.717) is 0 Å². The van der Waals surface area contributed by atoms with E-state index >= 15 is 0 Å². The fourth-order valence-corrected chi connectivity index (χ4v) is 9.64. The molecule has 2 nitrogen and oxygen atoms in total. The molecule has 0 amide bonds. The van der Waals surface area contributed by atoms with Gasteiger partial charge in [-0.3, -0.25) is 0 Å². The molecule has 0 unspecified atom stereocenters. The molecular weight excluding hydrogens is 669 g/mol. The fourth-order valence-electron chi connectivity index (χ4n) is 9.64. The fraction of sp³-hybridized carbons (Fsp3) is 0.0189. The molecule has 9 aromatic rings. The van der Waals surface area contributed by atoms with Crippen LogP contribution < -0.4 is 4.74 Å². The van der Waals surface area contributed by atoms with Crippen LogP contribution in [-0.2, 0) is 5.41 Å². The van der Waals surface area contributed by atoms with Crippen LogP contribution in [0.5, 0.6) is 11.5 Å². The van der Waals surface area contributed by atoms with Gasteiger partial charge in [0.05, 0.1) is 5.41 Å². The highest BCUT2D eigenvalue weighted by Crippen LogP contribution is 2.58. The summed E-state index contributed by atoms with van der Waals surface area (Å²) >= 11 is 0. The first-order valence-electron chi connectivity index (χ1n) is 18.8. The van der Waals surface area contributed by atoms with Gasteiger partial charge in [-0.2, -0.15) is 0 Å². The maximum absolute atomic E-state index is 6.74. The van der Waals surface area contributed by atoms with Crippen LogP contribution in [0.25, 0.3) is 71.7 Å². The molecule has 0 radical (unpaired) electrons. The van der Waals surface area contributed by atoms with Crippen LogP contribution in [0.3, 0.4) is 0 Å². The number of benzene rings is 8. The Morgan fingerprint density at radius 3 is 1.96 bits per heavy atom. The second-order valence-electron chi connectivity index (χ2n) is 14.5. The van der Waals surface area contributed by atoms with Crippen molar-refractivity contribution in [2.75, 3.05) is 0 Å². The van der Waals surface area contributed by atoms with Gasteiger partial charge < -0.3 is 9.15 Å². The number of fused-ring (bicyclic) bond motifs is 7. The quantitative estimate of drug-likeness (QED) is 0.171. The highest BCUT2D eigenvalue weighted by atomic mass is 16.5. The monoisotopic (exact) mass is 698 g/mol. The Bertz CT molecular complexity index is 3200. The molecule has 0 N–H and O–H groups in total. The zero-order chi connectivity index (χ0) is 36.1. The standard InChI is InChI=1S/C53H30O2/c1-3-14-34(15-4-1)53(35-16-5-2-6-17-35)44-24-9-7-18-41(44)50-38(23-12-25-45(50)53)37-29-31-49-52-39(37)21-11-22-40(52)43-32-33(28-30-47(43)55-49)36-20-13-27-48-51(36)42-19-8-10-26-46(42)54-48/h1-6,8,10-32H. The zero-order valence-electron chi connectivity index (χ0n) is 29.6. The van der Waals surface area contributed by atoms with E-state index in [1.807, 2.05) is 12.1 Å². The summed E-state index contributed by atoms with van der Waals surface area (Å²) in [5, 5.41) is 4.53. The minimum absolute atomic E-state index is 0.511. The minimum Gasteiger partial charge on any atom is -0.456 e. The molecule has 0 bridgehead atoms. The average Bonchev–Trinajstić information content (AvgIpc) is 3.79. The Morgan fingerprint density at radius 2 is 1.11 bits per heavy atom. The Balaban J connectivity index is 1.08. The summed E-state index contributed by atoms with van der Waals surface area (Å²) in [5.74, 6) is 1.73. The first kappa shape index (κ1) is 30.2. The number of ether oxygens (including phenoxy) is 1. The van der Waals surface area contributed by atoms with E-state index in [4.69, 9.17) is 9.15 Å². The van der Waals surface area contributed by atoms with E-state index in [2.05, 4.69) is 181 Å². The van der Waals surface area contributed by atoms with Gasteiger partial charge in [-0.1, -0.05) is 151 Å². The van der Waals surface area contributed by atoms with Crippen molar-refractivity contribution in [3.63, 3.8) is 0 Å². The van der Waals surface area contributed by atoms with E-state index in [9.17, 15) is 0 Å². The van der Waals surface area contributed by atoms with Crippen molar-refractivity contribution < 1.29 is 9.15 Å². The van der Waals surface area contributed by atoms with Gasteiger partial charge in [-0.05, 0) is 109 Å². The summed E-state index contributed by atoms with van der Waals surface area (Å²) in [6.07, 6.45) is 4.27. The van der Waals surface area contributed by atoms with E-state index in [0.717, 1.165) is 60.9 Å². The molecule has 0 saturated heterocycles. The molecule has 1 aromatic heterocycles. The van der Waals surface area contributed by atoms with Crippen LogP contribution in [0, 0.1) is 0 Å². The molecule has 8 aromatic carbocycles. The van der Waals surface area contributed by atoms with Crippen LogP contribution in [0.2, 0.25) is 0 Å². The molecule has 55 heavy (non-hydrogen) atoms. The van der Waals surface area contributed by atoms with Gasteiger partial charge >= 0.3 is 0 Å². The number of hydrogen-bond donors (Lipinski definition) is 0. The van der Waals surface area contributed by atoms with Crippen molar-refractivity contribution >= 4 is 38.3 Å². The number of furan rings is 1. The maximum Gasteiger partial charge on any atom is 0.136 e. The molecule has 254 valence electrons. The van der Waals surface area contributed by atoms with E-state index in [1.54, 1.807) is 0 Å². The van der Waals surface area contributed by atoms with Gasteiger partial charge in [-0.15, -0.1) is 0 Å². The highest BCUT2D eigenvalue weighted by Gasteiger charge is 2.47. The van der Waals surface area contributed by atoms with Gasteiger partial charge in [0.1, 0.15) is 22.7 Å². The Kier molecular flexibility index (Phi) is 6.21. The van der Waals surface area contributed by atoms with Crippen molar-refractivity contribution in [2.45, 2.75) is 5.41 Å². The van der Waals surface area contributed by atoms with Gasteiger partial charge in [0.2, 0.25) is 0 Å². The molecule has 1 aliphatic heterocycles. The third kappa shape index (κ3) is 4.10. The van der Waals surface area contributed by atoms with E-state index in [1.165, 1.54) is 50.1 Å². The van der Waals surface area contributed by atoms with Gasteiger partial charge in [-0.25, -0.2) is 0 Å². The molecule has 2 heterocycles. The Labute approximate surface area is 317 Å². The zero-order valence-corrected chi connectivity index (χ0v) is 29.6. The number of para-hydroxylation sites is 1. The highest BCUT2D eigenvalue weighted by molar-refractivity contribution is 6.14. The largest absolute Gasteiger partial charge is 0.456 e. The molecule has 0 atom stereocenters. The topological polar surface area (TPSA) is 22.4 Å². The van der Waals surface area contributed by atoms with Crippen molar-refractivity contribution in [1.29, 1.82) is 0 Å². The van der Waals surface area contributed by atoms with Crippen LogP contribution in [0.15, 0.2) is 203 Å². The molecule has 2 aliphatic carbocycles. The maximum atomic E-state index is 6.74. The lowest BCUT2D eigenvalue weighted by Crippen LogP contribution is -2.29. The predicted octanol–water partition coefficient (Wildman–Crippen LogP) is 13.8. The molecule has 3 aliphatic rings. The summed E-state index contributed by atoms with van der Waals surface area (Å²) in [5.41, 5.74) is 22.2. The normalized spacial score (nSPS) is 14.3. The van der Waals surface area contributed by atoms with Gasteiger partial charge in [0.15, 0.2) is 0 Å². The van der Waals surface area contributed by atoms with Crippen molar-refractivity contribution in [3.8, 4) is 44.9 Å². The first-order chi connectivity index (χ1) is 27.3. The molecule has 0 fully saturated rings.